The largest absolute Gasteiger partial charge is 0.478 e. The molecule has 0 radical (unpaired) electrons. The Balaban J connectivity index is 5.80. The maximum atomic E-state index is 10.6. The van der Waals surface area contributed by atoms with E-state index in [1.54, 1.807) is 0 Å². The van der Waals surface area contributed by atoms with E-state index < -0.39 is 35.8 Å². The highest BCUT2D eigenvalue weighted by atomic mass is 16.4. The summed E-state index contributed by atoms with van der Waals surface area (Å²) in [4.78, 5) is 31.8. The van der Waals surface area contributed by atoms with Gasteiger partial charge in [-0.05, 0) is 5.92 Å². The molecule has 0 saturated heterocycles. The van der Waals surface area contributed by atoms with Gasteiger partial charge in [0.15, 0.2) is 0 Å². The second kappa shape index (κ2) is 7.90. The number of rotatable bonds is 8. The standard InChI is InChI=1S/C13H16O7/c1-9(8-14)13(5-2-10(15)16,6-3-11(17)18)7-4-12(19)20/h2-7,9,14H,8H2,1H3,(H,15,16)(H,17,18)(H,19,20). The van der Waals surface area contributed by atoms with Crippen molar-refractivity contribution >= 4 is 17.9 Å². The molecular formula is C13H16O7. The summed E-state index contributed by atoms with van der Waals surface area (Å²) >= 11 is 0. The van der Waals surface area contributed by atoms with Gasteiger partial charge in [-0.3, -0.25) is 0 Å². The average Bonchev–Trinajstić information content (AvgIpc) is 2.36. The normalized spacial score (nSPS) is 16.5. The Morgan fingerprint density at radius 2 is 1.20 bits per heavy atom. The van der Waals surface area contributed by atoms with Gasteiger partial charge in [-0.15, -0.1) is 0 Å². The first-order chi connectivity index (χ1) is 9.23. The molecule has 1 unspecified atom stereocenters. The van der Waals surface area contributed by atoms with Crippen LogP contribution >= 0.6 is 0 Å². The molecule has 0 aromatic rings. The van der Waals surface area contributed by atoms with Gasteiger partial charge in [0.05, 0.1) is 0 Å². The van der Waals surface area contributed by atoms with Crippen LogP contribution in [0.2, 0.25) is 0 Å². The van der Waals surface area contributed by atoms with Crippen LogP contribution in [-0.2, 0) is 14.4 Å². The molecular weight excluding hydrogens is 268 g/mol. The quantitative estimate of drug-likeness (QED) is 0.478. The molecule has 0 saturated carbocycles. The van der Waals surface area contributed by atoms with Crippen LogP contribution in [0.3, 0.4) is 0 Å². The maximum Gasteiger partial charge on any atom is 0.328 e. The summed E-state index contributed by atoms with van der Waals surface area (Å²) in [5.41, 5.74) is -1.33. The highest BCUT2D eigenvalue weighted by Gasteiger charge is 2.29. The predicted octanol–water partition coefficient (Wildman–Crippen LogP) is 0.524. The second-order valence-electron chi connectivity index (χ2n) is 4.10. The lowest BCUT2D eigenvalue weighted by Crippen LogP contribution is -2.26. The fourth-order valence-corrected chi connectivity index (χ4v) is 1.46. The minimum atomic E-state index is -1.33. The number of aliphatic carboxylic acids is 3. The lowest BCUT2D eigenvalue weighted by Gasteiger charge is -2.29. The van der Waals surface area contributed by atoms with E-state index in [0.717, 1.165) is 36.5 Å². The van der Waals surface area contributed by atoms with Gasteiger partial charge in [0.2, 0.25) is 0 Å². The van der Waals surface area contributed by atoms with E-state index in [1.807, 2.05) is 0 Å². The number of allylic oxidation sites excluding steroid dienone is 3. The monoisotopic (exact) mass is 284 g/mol. The van der Waals surface area contributed by atoms with Gasteiger partial charge in [0.25, 0.3) is 0 Å². The molecule has 7 nitrogen and oxygen atoms in total. The number of hydrogen-bond donors (Lipinski definition) is 4. The van der Waals surface area contributed by atoms with Crippen molar-refractivity contribution in [3.8, 4) is 0 Å². The van der Waals surface area contributed by atoms with Crippen molar-refractivity contribution in [3.63, 3.8) is 0 Å². The van der Waals surface area contributed by atoms with Gasteiger partial charge >= 0.3 is 17.9 Å². The summed E-state index contributed by atoms with van der Waals surface area (Å²) < 4.78 is 0. The maximum absolute atomic E-state index is 10.6. The molecule has 0 aliphatic rings. The first-order valence-electron chi connectivity index (χ1n) is 5.61. The molecule has 0 rings (SSSR count). The van der Waals surface area contributed by atoms with Crippen molar-refractivity contribution in [2.45, 2.75) is 6.92 Å². The highest BCUT2D eigenvalue weighted by Crippen LogP contribution is 2.33. The van der Waals surface area contributed by atoms with Gasteiger partial charge < -0.3 is 20.4 Å². The van der Waals surface area contributed by atoms with E-state index >= 15 is 0 Å². The number of aliphatic hydroxyl groups excluding tert-OH is 1. The van der Waals surface area contributed by atoms with Crippen molar-refractivity contribution in [2.75, 3.05) is 6.61 Å². The van der Waals surface area contributed by atoms with E-state index in [1.165, 1.54) is 6.92 Å². The zero-order valence-corrected chi connectivity index (χ0v) is 10.8. The number of carboxylic acid groups (broad SMARTS) is 3. The number of carbonyl (C=O) groups is 3. The summed E-state index contributed by atoms with van der Waals surface area (Å²) in [6, 6.07) is 0. The van der Waals surface area contributed by atoms with Crippen molar-refractivity contribution in [3.05, 3.63) is 36.5 Å². The van der Waals surface area contributed by atoms with E-state index in [-0.39, 0.29) is 0 Å². The zero-order valence-electron chi connectivity index (χ0n) is 10.8. The molecule has 0 spiro atoms. The van der Waals surface area contributed by atoms with E-state index in [2.05, 4.69) is 0 Å². The third-order valence-electron chi connectivity index (χ3n) is 2.67. The molecule has 0 fully saturated rings. The molecule has 7 heteroatoms. The highest BCUT2D eigenvalue weighted by molar-refractivity contribution is 5.82. The van der Waals surface area contributed by atoms with Gasteiger partial charge in [-0.2, -0.15) is 0 Å². The Hall–Kier alpha value is -2.41. The van der Waals surface area contributed by atoms with E-state index in [9.17, 15) is 19.5 Å². The minimum absolute atomic E-state index is 0.391. The van der Waals surface area contributed by atoms with Crippen LogP contribution in [0, 0.1) is 11.3 Å². The van der Waals surface area contributed by atoms with Crippen LogP contribution in [0.25, 0.3) is 0 Å². The minimum Gasteiger partial charge on any atom is -0.478 e. The Labute approximate surface area is 115 Å². The third kappa shape index (κ3) is 5.96. The smallest absolute Gasteiger partial charge is 0.328 e. The van der Waals surface area contributed by atoms with Crippen molar-refractivity contribution in [1.82, 2.24) is 0 Å². The van der Waals surface area contributed by atoms with Crippen molar-refractivity contribution < 1.29 is 34.8 Å². The van der Waals surface area contributed by atoms with Crippen molar-refractivity contribution in [2.24, 2.45) is 11.3 Å². The fourth-order valence-electron chi connectivity index (χ4n) is 1.46. The second-order valence-corrected chi connectivity index (χ2v) is 4.10. The van der Waals surface area contributed by atoms with Gasteiger partial charge in [-0.1, -0.05) is 25.2 Å². The molecule has 0 heterocycles. The van der Waals surface area contributed by atoms with E-state index in [0.29, 0.717) is 0 Å². The van der Waals surface area contributed by atoms with Crippen LogP contribution in [0.15, 0.2) is 36.5 Å². The molecule has 110 valence electrons. The molecule has 4 N–H and O–H groups in total. The average molecular weight is 284 g/mol. The Bertz CT molecular complexity index is 400. The molecule has 20 heavy (non-hydrogen) atoms. The summed E-state index contributed by atoms with van der Waals surface area (Å²) in [6.45, 7) is 1.14. The molecule has 0 bridgehead atoms. The summed E-state index contributed by atoms with van der Waals surface area (Å²) in [5.74, 6) is -4.44. The lowest BCUT2D eigenvalue weighted by atomic mass is 9.75. The van der Waals surface area contributed by atoms with Gasteiger partial charge in [0, 0.05) is 30.2 Å². The molecule has 0 aromatic carbocycles. The van der Waals surface area contributed by atoms with Crippen LogP contribution in [0.1, 0.15) is 6.92 Å². The number of aliphatic hydroxyl groups is 1. The molecule has 0 aliphatic heterocycles. The van der Waals surface area contributed by atoms with Gasteiger partial charge in [-0.25, -0.2) is 14.4 Å². The summed E-state index contributed by atoms with van der Waals surface area (Å²) in [5, 5.41) is 35.2. The Morgan fingerprint density at radius 3 is 1.40 bits per heavy atom. The first kappa shape index (κ1) is 17.6. The first-order valence-corrected chi connectivity index (χ1v) is 5.61. The van der Waals surface area contributed by atoms with Crippen LogP contribution in [-0.4, -0.2) is 44.9 Å². The van der Waals surface area contributed by atoms with Crippen molar-refractivity contribution in [1.29, 1.82) is 0 Å². The summed E-state index contributed by atoms with van der Waals surface area (Å²) in [7, 11) is 0. The topological polar surface area (TPSA) is 132 Å². The molecule has 0 aromatic heterocycles. The number of hydrogen-bond acceptors (Lipinski definition) is 4. The lowest BCUT2D eigenvalue weighted by molar-refractivity contribution is -0.132. The van der Waals surface area contributed by atoms with Crippen LogP contribution < -0.4 is 0 Å². The predicted molar refractivity (Wildman–Crippen MR) is 69.0 cm³/mol. The fraction of sp³-hybridized carbons (Fsp3) is 0.308. The third-order valence-corrected chi connectivity index (χ3v) is 2.67. The van der Waals surface area contributed by atoms with Gasteiger partial charge in [0.1, 0.15) is 0 Å². The Morgan fingerprint density at radius 1 is 0.900 bits per heavy atom. The molecule has 0 amide bonds. The van der Waals surface area contributed by atoms with Crippen LogP contribution in [0.4, 0.5) is 0 Å². The summed E-state index contributed by atoms with van der Waals surface area (Å²) in [6.07, 6.45) is 5.71. The molecule has 0 aliphatic carbocycles. The van der Waals surface area contributed by atoms with Crippen LogP contribution in [0.5, 0.6) is 0 Å². The zero-order chi connectivity index (χ0) is 15.8. The SMILES string of the molecule is CC(CO)C(C=CC(=O)O)(C=CC(=O)O)C=CC(=O)O. The number of carboxylic acids is 3. The van der Waals surface area contributed by atoms with E-state index in [4.69, 9.17) is 15.3 Å². The molecule has 1 atom stereocenters. The Kier molecular flexibility index (Phi) is 6.95.